The van der Waals surface area contributed by atoms with Gasteiger partial charge >= 0.3 is 0 Å². The van der Waals surface area contributed by atoms with Gasteiger partial charge in [-0.25, -0.2) is 0 Å². The van der Waals surface area contributed by atoms with Crippen molar-refractivity contribution in [2.24, 2.45) is 0 Å². The van der Waals surface area contributed by atoms with E-state index in [1.54, 1.807) is 6.92 Å². The second-order valence-corrected chi connectivity index (χ2v) is 8.55. The summed E-state index contributed by atoms with van der Waals surface area (Å²) in [6.07, 6.45) is -1.06. The van der Waals surface area contributed by atoms with E-state index in [0.717, 1.165) is 31.8 Å². The number of nitriles is 1. The molecule has 1 atom stereocenters. The Morgan fingerprint density at radius 3 is 2.55 bits per heavy atom. The molecule has 160 valence electrons. The fourth-order valence-corrected chi connectivity index (χ4v) is 4.16. The number of thiophene rings is 1. The van der Waals surface area contributed by atoms with Crippen LogP contribution in [0.25, 0.3) is 26.8 Å². The Bertz CT molecular complexity index is 1170. The molecule has 0 aliphatic rings. The minimum absolute atomic E-state index is 0.00624. The lowest BCUT2D eigenvalue weighted by molar-refractivity contribution is -0.117. The second-order valence-electron chi connectivity index (χ2n) is 7.46. The van der Waals surface area contributed by atoms with Crippen molar-refractivity contribution in [1.29, 1.82) is 5.26 Å². The van der Waals surface area contributed by atoms with Gasteiger partial charge in [-0.05, 0) is 59.2 Å². The van der Waals surface area contributed by atoms with Gasteiger partial charge in [-0.3, -0.25) is 4.79 Å². The number of nitrogens with zero attached hydrogens (tertiary/aromatic N) is 2. The third-order valence-electron chi connectivity index (χ3n) is 5.02. The topological polar surface area (TPSA) is 96.6 Å². The van der Waals surface area contributed by atoms with E-state index in [2.05, 4.69) is 46.6 Å². The summed E-state index contributed by atoms with van der Waals surface area (Å²) >= 11 is 1.51. The van der Waals surface area contributed by atoms with Crippen molar-refractivity contribution >= 4 is 39.3 Å². The maximum absolute atomic E-state index is 12.3. The van der Waals surface area contributed by atoms with Crippen LogP contribution < -0.4 is 10.2 Å². The highest BCUT2D eigenvalue weighted by Crippen LogP contribution is 2.35. The van der Waals surface area contributed by atoms with Crippen LogP contribution in [0.15, 0.2) is 54.1 Å². The van der Waals surface area contributed by atoms with Crippen LogP contribution in [-0.2, 0) is 4.79 Å². The van der Waals surface area contributed by atoms with Crippen LogP contribution in [0.1, 0.15) is 11.8 Å². The molecule has 0 fully saturated rings. The van der Waals surface area contributed by atoms with Crippen molar-refractivity contribution in [1.82, 2.24) is 5.32 Å². The first-order chi connectivity index (χ1) is 14.8. The van der Waals surface area contributed by atoms with E-state index in [4.69, 9.17) is 5.11 Å². The van der Waals surface area contributed by atoms with E-state index >= 15 is 0 Å². The van der Waals surface area contributed by atoms with Gasteiger partial charge in [-0.1, -0.05) is 18.2 Å². The molecule has 0 saturated carbocycles. The standard InChI is InChI=1S/C24H25N3O3S/c1-15(21(12-25)24(30)26-13-20(29)14-28)22-8-9-23(31-22)18-5-4-17-11-19(27(2)3)7-6-16(17)10-18/h4-11,20,28-29H,13-14H2,1-3H3,(H,26,30)/b21-15+. The molecule has 3 rings (SSSR count). The van der Waals surface area contributed by atoms with E-state index in [9.17, 15) is 15.2 Å². The summed E-state index contributed by atoms with van der Waals surface area (Å²) < 4.78 is 0. The molecule has 0 aliphatic heterocycles. The zero-order valence-corrected chi connectivity index (χ0v) is 18.5. The van der Waals surface area contributed by atoms with Crippen LogP contribution in [0.3, 0.4) is 0 Å². The molecule has 1 unspecified atom stereocenters. The van der Waals surface area contributed by atoms with Crippen LogP contribution in [0, 0.1) is 11.3 Å². The molecule has 3 aromatic rings. The third kappa shape index (κ3) is 5.12. The fraction of sp³-hybridized carbons (Fsp3) is 0.250. The highest BCUT2D eigenvalue weighted by atomic mass is 32.1. The molecule has 31 heavy (non-hydrogen) atoms. The van der Waals surface area contributed by atoms with Gasteiger partial charge in [0.2, 0.25) is 0 Å². The van der Waals surface area contributed by atoms with Gasteiger partial charge in [0.15, 0.2) is 0 Å². The maximum Gasteiger partial charge on any atom is 0.262 e. The fourth-order valence-electron chi connectivity index (χ4n) is 3.15. The second kappa shape index (κ2) is 9.75. The van der Waals surface area contributed by atoms with Crippen molar-refractivity contribution in [2.75, 3.05) is 32.1 Å². The Morgan fingerprint density at radius 1 is 1.16 bits per heavy atom. The monoisotopic (exact) mass is 435 g/mol. The average molecular weight is 436 g/mol. The molecule has 0 radical (unpaired) electrons. The molecular weight excluding hydrogens is 410 g/mol. The summed E-state index contributed by atoms with van der Waals surface area (Å²) in [5, 5.41) is 32.5. The number of aliphatic hydroxyl groups is 2. The number of aliphatic hydroxyl groups excluding tert-OH is 2. The Balaban J connectivity index is 1.87. The minimum Gasteiger partial charge on any atom is -0.394 e. The zero-order valence-electron chi connectivity index (χ0n) is 17.7. The molecule has 2 aromatic carbocycles. The molecule has 6 nitrogen and oxygen atoms in total. The summed E-state index contributed by atoms with van der Waals surface area (Å²) in [5.41, 5.74) is 2.79. The number of benzene rings is 2. The van der Waals surface area contributed by atoms with Crippen LogP contribution in [0.5, 0.6) is 0 Å². The predicted molar refractivity (Wildman–Crippen MR) is 126 cm³/mol. The van der Waals surface area contributed by atoms with E-state index in [1.165, 1.54) is 11.3 Å². The Kier molecular flexibility index (Phi) is 7.08. The molecule has 7 heteroatoms. The molecule has 0 bridgehead atoms. The van der Waals surface area contributed by atoms with Crippen molar-refractivity contribution in [3.8, 4) is 16.5 Å². The van der Waals surface area contributed by atoms with Gasteiger partial charge < -0.3 is 20.4 Å². The molecule has 0 spiro atoms. The molecule has 1 heterocycles. The highest BCUT2D eigenvalue weighted by molar-refractivity contribution is 7.16. The number of carbonyl (C=O) groups excluding carboxylic acids is 1. The van der Waals surface area contributed by atoms with Crippen molar-refractivity contribution < 1.29 is 15.0 Å². The van der Waals surface area contributed by atoms with Crippen molar-refractivity contribution in [3.63, 3.8) is 0 Å². The van der Waals surface area contributed by atoms with Gasteiger partial charge in [0.25, 0.3) is 5.91 Å². The third-order valence-corrected chi connectivity index (χ3v) is 6.28. The van der Waals surface area contributed by atoms with Gasteiger partial charge in [-0.2, -0.15) is 5.26 Å². The first-order valence-electron chi connectivity index (χ1n) is 9.84. The highest BCUT2D eigenvalue weighted by Gasteiger charge is 2.16. The van der Waals surface area contributed by atoms with Crippen LogP contribution >= 0.6 is 11.3 Å². The number of allylic oxidation sites excluding steroid dienone is 1. The van der Waals surface area contributed by atoms with Gasteiger partial charge in [0.1, 0.15) is 11.6 Å². The number of rotatable bonds is 7. The number of fused-ring (bicyclic) bond motifs is 1. The number of anilines is 1. The summed E-state index contributed by atoms with van der Waals surface area (Å²) in [7, 11) is 4.03. The Hall–Kier alpha value is -3.18. The van der Waals surface area contributed by atoms with Crippen molar-refractivity contribution in [2.45, 2.75) is 13.0 Å². The number of amides is 1. The van der Waals surface area contributed by atoms with E-state index < -0.39 is 18.6 Å². The van der Waals surface area contributed by atoms with Crippen LogP contribution in [0.2, 0.25) is 0 Å². The lowest BCUT2D eigenvalue weighted by atomic mass is 10.0. The molecule has 1 amide bonds. The van der Waals surface area contributed by atoms with Crippen LogP contribution in [-0.4, -0.2) is 49.5 Å². The SMILES string of the molecule is C/C(=C(/C#N)C(=O)NCC(O)CO)c1ccc(-c2ccc3cc(N(C)C)ccc3c2)s1. The number of hydrogen-bond acceptors (Lipinski definition) is 6. The number of hydrogen-bond donors (Lipinski definition) is 3. The summed E-state index contributed by atoms with van der Waals surface area (Å²) in [5.74, 6) is -0.565. The number of carbonyl (C=O) groups is 1. The van der Waals surface area contributed by atoms with Crippen LogP contribution in [0.4, 0.5) is 5.69 Å². The molecular formula is C24H25N3O3S. The quantitative estimate of drug-likeness (QED) is 0.390. The van der Waals surface area contributed by atoms with Gasteiger partial charge in [-0.15, -0.1) is 11.3 Å². The largest absolute Gasteiger partial charge is 0.394 e. The summed E-state index contributed by atoms with van der Waals surface area (Å²) in [6, 6.07) is 18.5. The molecule has 3 N–H and O–H groups in total. The Labute approximate surface area is 185 Å². The summed E-state index contributed by atoms with van der Waals surface area (Å²) in [6.45, 7) is 1.16. The molecule has 0 saturated heterocycles. The predicted octanol–water partition coefficient (Wildman–Crippen LogP) is 3.40. The minimum atomic E-state index is -1.06. The lowest BCUT2D eigenvalue weighted by Crippen LogP contribution is -2.34. The normalized spacial score (nSPS) is 12.8. The van der Waals surface area contributed by atoms with E-state index in [1.807, 2.05) is 32.3 Å². The summed E-state index contributed by atoms with van der Waals surface area (Å²) in [4.78, 5) is 16.3. The van der Waals surface area contributed by atoms with Gasteiger partial charge in [0, 0.05) is 36.1 Å². The average Bonchev–Trinajstić information content (AvgIpc) is 3.27. The Morgan fingerprint density at radius 2 is 1.87 bits per heavy atom. The smallest absolute Gasteiger partial charge is 0.262 e. The van der Waals surface area contributed by atoms with Crippen molar-refractivity contribution in [3.05, 3.63) is 59.0 Å². The van der Waals surface area contributed by atoms with E-state index in [-0.39, 0.29) is 12.1 Å². The van der Waals surface area contributed by atoms with Gasteiger partial charge in [0.05, 0.1) is 12.7 Å². The first-order valence-corrected chi connectivity index (χ1v) is 10.7. The maximum atomic E-state index is 12.3. The molecule has 0 aliphatic carbocycles. The molecule has 1 aromatic heterocycles. The number of nitrogens with one attached hydrogen (secondary N) is 1. The van der Waals surface area contributed by atoms with E-state index in [0.29, 0.717) is 5.57 Å². The zero-order chi connectivity index (χ0) is 22.5. The first kappa shape index (κ1) is 22.5. The lowest BCUT2D eigenvalue weighted by Gasteiger charge is -2.13.